The minimum Gasteiger partial charge on any atom is -0.319 e. The first-order valence-electron chi connectivity index (χ1n) is 5.21. The molecule has 0 radical (unpaired) electrons. The Bertz CT molecular complexity index is 294. The Kier molecular flexibility index (Phi) is 2.91. The normalized spacial score (nSPS) is 23.4. The lowest BCUT2D eigenvalue weighted by atomic mass is 9.99. The van der Waals surface area contributed by atoms with Crippen LogP contribution in [0.3, 0.4) is 0 Å². The lowest BCUT2D eigenvalue weighted by molar-refractivity contribution is -0.123. The monoisotopic (exact) mass is 193 g/mol. The van der Waals surface area contributed by atoms with Gasteiger partial charge in [0.15, 0.2) is 0 Å². The van der Waals surface area contributed by atoms with Gasteiger partial charge >= 0.3 is 0 Å². The van der Waals surface area contributed by atoms with Gasteiger partial charge in [-0.1, -0.05) is 12.8 Å². The molecule has 14 heavy (non-hydrogen) atoms. The van der Waals surface area contributed by atoms with Crippen molar-refractivity contribution >= 4 is 5.78 Å². The number of carbonyl (C=O) groups excluding carboxylic acids is 1. The first-order chi connectivity index (χ1) is 6.86. The van der Waals surface area contributed by atoms with Gasteiger partial charge < -0.3 is 4.57 Å². The highest BCUT2D eigenvalue weighted by molar-refractivity contribution is 5.81. The minimum absolute atomic E-state index is 0.188. The Labute approximate surface area is 83.3 Å². The number of aromatic nitrogens is 3. The van der Waals surface area contributed by atoms with Crippen molar-refractivity contribution < 1.29 is 4.79 Å². The summed E-state index contributed by atoms with van der Waals surface area (Å²) in [5, 5.41) is 7.48. The Balaban J connectivity index is 1.98. The summed E-state index contributed by atoms with van der Waals surface area (Å²) >= 11 is 0. The highest BCUT2D eigenvalue weighted by atomic mass is 16.1. The van der Waals surface area contributed by atoms with E-state index in [1.165, 1.54) is 12.8 Å². The fraction of sp³-hybridized carbons (Fsp3) is 0.700. The molecule has 1 aromatic rings. The quantitative estimate of drug-likeness (QED) is 0.667. The molecule has 0 amide bonds. The van der Waals surface area contributed by atoms with E-state index in [0.717, 1.165) is 25.8 Å². The largest absolute Gasteiger partial charge is 0.319 e. The molecule has 1 aliphatic carbocycles. The standard InChI is InChI=1S/C10H15N3O/c14-10-5-3-1-2-4-9(10)6-13-7-11-12-8-13/h7-9H,1-6H2/t9-/m0/s1. The summed E-state index contributed by atoms with van der Waals surface area (Å²) in [4.78, 5) is 11.7. The van der Waals surface area contributed by atoms with E-state index < -0.39 is 0 Å². The molecule has 1 heterocycles. The maximum absolute atomic E-state index is 11.7. The molecule has 0 N–H and O–H groups in total. The Morgan fingerprint density at radius 3 is 2.86 bits per heavy atom. The molecule has 1 saturated carbocycles. The van der Waals surface area contributed by atoms with E-state index >= 15 is 0 Å². The van der Waals surface area contributed by atoms with Crippen LogP contribution in [0.15, 0.2) is 12.7 Å². The summed E-state index contributed by atoms with van der Waals surface area (Å²) in [7, 11) is 0. The molecule has 4 nitrogen and oxygen atoms in total. The molecule has 4 heteroatoms. The summed E-state index contributed by atoms with van der Waals surface area (Å²) in [5.41, 5.74) is 0. The van der Waals surface area contributed by atoms with Crippen LogP contribution < -0.4 is 0 Å². The van der Waals surface area contributed by atoms with E-state index in [2.05, 4.69) is 10.2 Å². The second-order valence-corrected chi connectivity index (χ2v) is 3.92. The van der Waals surface area contributed by atoms with Crippen molar-refractivity contribution in [3.63, 3.8) is 0 Å². The third kappa shape index (κ3) is 2.19. The van der Waals surface area contributed by atoms with Crippen LogP contribution in [0.1, 0.15) is 32.1 Å². The Hall–Kier alpha value is -1.19. The highest BCUT2D eigenvalue weighted by Gasteiger charge is 2.20. The zero-order chi connectivity index (χ0) is 9.80. The average Bonchev–Trinajstić information content (AvgIpc) is 2.60. The van der Waals surface area contributed by atoms with Crippen LogP contribution in [0.5, 0.6) is 0 Å². The number of hydrogen-bond acceptors (Lipinski definition) is 3. The molecule has 1 fully saturated rings. The second kappa shape index (κ2) is 4.35. The van der Waals surface area contributed by atoms with Crippen LogP contribution in [0.25, 0.3) is 0 Å². The predicted octanol–water partition coefficient (Wildman–Crippen LogP) is 1.43. The topological polar surface area (TPSA) is 47.8 Å². The molecule has 76 valence electrons. The molecule has 0 saturated heterocycles. The molecule has 0 unspecified atom stereocenters. The molecular formula is C10H15N3O. The summed E-state index contributed by atoms with van der Waals surface area (Å²) in [5.74, 6) is 0.602. The molecule has 1 aliphatic rings. The van der Waals surface area contributed by atoms with E-state index in [0.29, 0.717) is 5.78 Å². The van der Waals surface area contributed by atoms with Gasteiger partial charge in [-0.05, 0) is 12.8 Å². The molecule has 0 bridgehead atoms. The second-order valence-electron chi connectivity index (χ2n) is 3.92. The van der Waals surface area contributed by atoms with Crippen LogP contribution in [-0.2, 0) is 11.3 Å². The van der Waals surface area contributed by atoms with Crippen LogP contribution in [0.4, 0.5) is 0 Å². The molecule has 0 aromatic carbocycles. The smallest absolute Gasteiger partial charge is 0.137 e. The number of nitrogens with zero attached hydrogens (tertiary/aromatic N) is 3. The van der Waals surface area contributed by atoms with Gasteiger partial charge in [0.25, 0.3) is 0 Å². The van der Waals surface area contributed by atoms with Crippen molar-refractivity contribution in [2.45, 2.75) is 38.6 Å². The van der Waals surface area contributed by atoms with Crippen molar-refractivity contribution in [1.29, 1.82) is 0 Å². The third-order valence-electron chi connectivity index (χ3n) is 2.83. The van der Waals surface area contributed by atoms with Crippen LogP contribution in [0, 0.1) is 5.92 Å². The van der Waals surface area contributed by atoms with Crippen molar-refractivity contribution in [1.82, 2.24) is 14.8 Å². The molecule has 2 rings (SSSR count). The van der Waals surface area contributed by atoms with Gasteiger partial charge in [-0.25, -0.2) is 0 Å². The minimum atomic E-state index is 0.188. The van der Waals surface area contributed by atoms with Crippen molar-refractivity contribution in [3.8, 4) is 0 Å². The SMILES string of the molecule is O=C1CCCCC[C@H]1Cn1cnnc1. The van der Waals surface area contributed by atoms with Gasteiger partial charge in [-0.2, -0.15) is 0 Å². The number of carbonyl (C=O) groups is 1. The summed E-state index contributed by atoms with van der Waals surface area (Å²) in [6.45, 7) is 0.756. The van der Waals surface area contributed by atoms with E-state index in [-0.39, 0.29) is 5.92 Å². The lowest BCUT2D eigenvalue weighted by Gasteiger charge is -2.12. The van der Waals surface area contributed by atoms with Gasteiger partial charge in [-0.15, -0.1) is 10.2 Å². The van der Waals surface area contributed by atoms with Gasteiger partial charge in [-0.3, -0.25) is 4.79 Å². The first kappa shape index (κ1) is 9.37. The van der Waals surface area contributed by atoms with Gasteiger partial charge in [0.05, 0.1) is 0 Å². The molecule has 0 spiro atoms. The Morgan fingerprint density at radius 2 is 2.07 bits per heavy atom. The summed E-state index contributed by atoms with van der Waals surface area (Å²) in [6, 6.07) is 0. The predicted molar refractivity (Wildman–Crippen MR) is 51.6 cm³/mol. The van der Waals surface area contributed by atoms with Gasteiger partial charge in [0.2, 0.25) is 0 Å². The fourth-order valence-corrected chi connectivity index (χ4v) is 2.00. The number of Topliss-reactive ketones (excluding diaryl/α,β-unsaturated/α-hetero) is 1. The van der Waals surface area contributed by atoms with Crippen molar-refractivity contribution in [3.05, 3.63) is 12.7 Å². The van der Waals surface area contributed by atoms with Crippen LogP contribution >= 0.6 is 0 Å². The first-order valence-corrected chi connectivity index (χ1v) is 5.21. The Morgan fingerprint density at radius 1 is 1.29 bits per heavy atom. The third-order valence-corrected chi connectivity index (χ3v) is 2.83. The van der Waals surface area contributed by atoms with Crippen molar-refractivity contribution in [2.24, 2.45) is 5.92 Å². The number of ketones is 1. The summed E-state index contributed by atoms with van der Waals surface area (Å²) < 4.78 is 1.90. The average molecular weight is 193 g/mol. The van der Waals surface area contributed by atoms with E-state index in [4.69, 9.17) is 0 Å². The molecule has 0 aliphatic heterocycles. The zero-order valence-corrected chi connectivity index (χ0v) is 8.22. The fourth-order valence-electron chi connectivity index (χ4n) is 2.00. The van der Waals surface area contributed by atoms with Crippen LogP contribution in [-0.4, -0.2) is 20.5 Å². The van der Waals surface area contributed by atoms with Gasteiger partial charge in [0.1, 0.15) is 18.4 Å². The molecule has 1 aromatic heterocycles. The zero-order valence-electron chi connectivity index (χ0n) is 8.22. The number of hydrogen-bond donors (Lipinski definition) is 0. The van der Waals surface area contributed by atoms with E-state index in [9.17, 15) is 4.79 Å². The maximum Gasteiger partial charge on any atom is 0.137 e. The molecular weight excluding hydrogens is 178 g/mol. The van der Waals surface area contributed by atoms with E-state index in [1.807, 2.05) is 4.57 Å². The molecule has 1 atom stereocenters. The summed E-state index contributed by atoms with van der Waals surface area (Å²) in [6.07, 6.45) is 8.58. The number of rotatable bonds is 2. The highest BCUT2D eigenvalue weighted by Crippen LogP contribution is 2.21. The van der Waals surface area contributed by atoms with Crippen LogP contribution in [0.2, 0.25) is 0 Å². The lowest BCUT2D eigenvalue weighted by Crippen LogP contribution is -2.18. The van der Waals surface area contributed by atoms with Gasteiger partial charge in [0, 0.05) is 18.9 Å². The van der Waals surface area contributed by atoms with E-state index in [1.54, 1.807) is 12.7 Å². The van der Waals surface area contributed by atoms with Crippen molar-refractivity contribution in [2.75, 3.05) is 0 Å². The maximum atomic E-state index is 11.7.